The monoisotopic (exact) mass is 338 g/mol. The maximum Gasteiger partial charge on any atom is 0.225 e. The van der Waals surface area contributed by atoms with E-state index in [4.69, 9.17) is 0 Å². The second-order valence-corrected chi connectivity index (χ2v) is 11.0. The fourth-order valence-corrected chi connectivity index (χ4v) is 6.36. The largest absolute Gasteiger partial charge is 0.427 e. The first-order valence-electron chi connectivity index (χ1n) is 7.65. The topological polar surface area (TPSA) is 20.2 Å². The van der Waals surface area contributed by atoms with Crippen LogP contribution in [0.2, 0.25) is 11.1 Å². The highest BCUT2D eigenvalue weighted by molar-refractivity contribution is 6.87. The van der Waals surface area contributed by atoms with Crippen molar-refractivity contribution >= 4 is 13.5 Å². The smallest absolute Gasteiger partial charge is 0.225 e. The van der Waals surface area contributed by atoms with Crippen LogP contribution in [0.3, 0.4) is 0 Å². The SMILES string of the molecule is CC(C)[Si](O)(c1ccc(-c2cc(F)c(F)cc2F)cc1)C(C)C. The number of benzene rings is 2. The third-order valence-corrected chi connectivity index (χ3v) is 9.21. The minimum Gasteiger partial charge on any atom is -0.427 e. The van der Waals surface area contributed by atoms with Gasteiger partial charge in [-0.25, -0.2) is 13.2 Å². The summed E-state index contributed by atoms with van der Waals surface area (Å²) in [6.07, 6.45) is 0. The molecule has 23 heavy (non-hydrogen) atoms. The molecule has 0 aromatic heterocycles. The van der Waals surface area contributed by atoms with Crippen LogP contribution in [-0.4, -0.2) is 13.1 Å². The first-order chi connectivity index (χ1) is 10.7. The maximum absolute atomic E-state index is 13.9. The Morgan fingerprint density at radius 3 is 1.74 bits per heavy atom. The lowest BCUT2D eigenvalue weighted by molar-refractivity contribution is 0.496. The van der Waals surface area contributed by atoms with Crippen LogP contribution < -0.4 is 5.19 Å². The van der Waals surface area contributed by atoms with Crippen LogP contribution in [0.25, 0.3) is 11.1 Å². The molecule has 0 radical (unpaired) electrons. The minimum absolute atomic E-state index is 0.00903. The van der Waals surface area contributed by atoms with Gasteiger partial charge in [-0.2, -0.15) is 0 Å². The van der Waals surface area contributed by atoms with Crippen LogP contribution >= 0.6 is 0 Å². The Labute approximate surface area is 135 Å². The van der Waals surface area contributed by atoms with E-state index in [9.17, 15) is 18.0 Å². The molecule has 0 unspecified atom stereocenters. The molecule has 2 aromatic carbocycles. The van der Waals surface area contributed by atoms with E-state index in [0.717, 1.165) is 11.3 Å². The number of hydrogen-bond donors (Lipinski definition) is 1. The van der Waals surface area contributed by atoms with Crippen molar-refractivity contribution in [2.75, 3.05) is 0 Å². The molecule has 2 rings (SSSR count). The highest BCUT2D eigenvalue weighted by Crippen LogP contribution is 2.30. The Morgan fingerprint density at radius 1 is 0.783 bits per heavy atom. The zero-order chi connectivity index (χ0) is 17.4. The van der Waals surface area contributed by atoms with E-state index in [2.05, 4.69) is 0 Å². The van der Waals surface area contributed by atoms with Gasteiger partial charge in [0.15, 0.2) is 11.6 Å². The number of rotatable bonds is 4. The van der Waals surface area contributed by atoms with E-state index in [1.54, 1.807) is 24.3 Å². The van der Waals surface area contributed by atoms with Gasteiger partial charge in [-0.3, -0.25) is 0 Å². The Balaban J connectivity index is 2.46. The van der Waals surface area contributed by atoms with Crippen LogP contribution in [0.1, 0.15) is 27.7 Å². The summed E-state index contributed by atoms with van der Waals surface area (Å²) in [7, 11) is -2.67. The van der Waals surface area contributed by atoms with Crippen LogP contribution in [0.5, 0.6) is 0 Å². The lowest BCUT2D eigenvalue weighted by Gasteiger charge is -2.33. The fraction of sp³-hybridized carbons (Fsp3) is 0.333. The van der Waals surface area contributed by atoms with Crippen LogP contribution in [0, 0.1) is 17.5 Å². The molecule has 0 bridgehead atoms. The first kappa shape index (κ1) is 17.8. The van der Waals surface area contributed by atoms with E-state index >= 15 is 0 Å². The normalized spacial score (nSPS) is 12.3. The predicted molar refractivity (Wildman–Crippen MR) is 89.6 cm³/mol. The number of hydrogen-bond acceptors (Lipinski definition) is 1. The van der Waals surface area contributed by atoms with Gasteiger partial charge in [0.25, 0.3) is 0 Å². The van der Waals surface area contributed by atoms with E-state index < -0.39 is 25.8 Å². The molecule has 0 heterocycles. The lowest BCUT2D eigenvalue weighted by atomic mass is 10.1. The van der Waals surface area contributed by atoms with Gasteiger partial charge in [0.2, 0.25) is 8.32 Å². The second-order valence-electron chi connectivity index (χ2n) is 6.46. The standard InChI is InChI=1S/C18H21F3OSi/c1-11(2)23(22,12(3)4)14-7-5-13(6-8-14)15-9-17(20)18(21)10-16(15)19/h5-12,22H,1-4H3. The van der Waals surface area contributed by atoms with E-state index in [0.29, 0.717) is 11.6 Å². The molecule has 5 heteroatoms. The molecule has 124 valence electrons. The maximum atomic E-state index is 13.9. The Morgan fingerprint density at radius 2 is 1.26 bits per heavy atom. The van der Waals surface area contributed by atoms with Crippen LogP contribution in [0.4, 0.5) is 13.2 Å². The van der Waals surface area contributed by atoms with Crippen molar-refractivity contribution in [3.05, 3.63) is 53.8 Å². The molecule has 0 saturated heterocycles. The highest BCUT2D eigenvalue weighted by Gasteiger charge is 2.40. The molecule has 0 aliphatic carbocycles. The highest BCUT2D eigenvalue weighted by atomic mass is 28.4. The van der Waals surface area contributed by atoms with Gasteiger partial charge in [0.05, 0.1) is 0 Å². The first-order valence-corrected chi connectivity index (χ1v) is 9.76. The number of halogens is 3. The summed E-state index contributed by atoms with van der Waals surface area (Å²) in [6, 6.07) is 8.23. The van der Waals surface area contributed by atoms with Gasteiger partial charge in [-0.15, -0.1) is 0 Å². The molecule has 0 amide bonds. The summed E-state index contributed by atoms with van der Waals surface area (Å²) in [4.78, 5) is 11.1. The fourth-order valence-electron chi connectivity index (χ4n) is 2.99. The molecule has 0 aliphatic rings. The molecule has 0 saturated carbocycles. The zero-order valence-electron chi connectivity index (χ0n) is 13.7. The van der Waals surface area contributed by atoms with E-state index in [1.165, 1.54) is 0 Å². The predicted octanol–water partition coefficient (Wildman–Crippen LogP) is 4.74. The summed E-state index contributed by atoms with van der Waals surface area (Å²) in [6.45, 7) is 7.98. The second kappa shape index (κ2) is 6.49. The quantitative estimate of drug-likeness (QED) is 0.631. The molecule has 1 nitrogen and oxygen atoms in total. The average Bonchev–Trinajstić information content (AvgIpc) is 2.50. The molecule has 0 fully saturated rings. The summed E-state index contributed by atoms with van der Waals surface area (Å²) in [5.74, 6) is -3.10. The Bertz CT molecular complexity index is 688. The van der Waals surface area contributed by atoms with Gasteiger partial charge in [0.1, 0.15) is 5.82 Å². The third-order valence-electron chi connectivity index (χ3n) is 4.43. The Kier molecular flexibility index (Phi) is 5.01. The zero-order valence-corrected chi connectivity index (χ0v) is 14.7. The Hall–Kier alpha value is -1.59. The van der Waals surface area contributed by atoms with Crippen LogP contribution in [0.15, 0.2) is 36.4 Å². The molecule has 0 aliphatic heterocycles. The molecule has 2 aromatic rings. The van der Waals surface area contributed by atoms with Gasteiger partial charge in [0, 0.05) is 11.6 Å². The molecule has 0 atom stereocenters. The summed E-state index contributed by atoms with van der Waals surface area (Å²) < 4.78 is 40.2. The van der Waals surface area contributed by atoms with Crippen molar-refractivity contribution in [2.45, 2.75) is 38.8 Å². The van der Waals surface area contributed by atoms with Gasteiger partial charge in [-0.05, 0) is 27.9 Å². The summed E-state index contributed by atoms with van der Waals surface area (Å²) in [5, 5.41) is 0.856. The van der Waals surface area contributed by atoms with Crippen molar-refractivity contribution in [2.24, 2.45) is 0 Å². The van der Waals surface area contributed by atoms with Crippen molar-refractivity contribution in [1.82, 2.24) is 0 Å². The molecular weight excluding hydrogens is 317 g/mol. The van der Waals surface area contributed by atoms with Crippen LogP contribution in [-0.2, 0) is 0 Å². The van der Waals surface area contributed by atoms with Crippen molar-refractivity contribution in [1.29, 1.82) is 0 Å². The van der Waals surface area contributed by atoms with E-state index in [1.807, 2.05) is 27.7 Å². The van der Waals surface area contributed by atoms with Crippen molar-refractivity contribution in [3.8, 4) is 11.1 Å². The minimum atomic E-state index is -2.67. The van der Waals surface area contributed by atoms with E-state index in [-0.39, 0.29) is 16.6 Å². The molecule has 0 spiro atoms. The van der Waals surface area contributed by atoms with Crippen molar-refractivity contribution in [3.63, 3.8) is 0 Å². The molecular formula is C18H21F3OSi. The summed E-state index contributed by atoms with van der Waals surface area (Å²) in [5.41, 5.74) is 0.727. The lowest BCUT2D eigenvalue weighted by Crippen LogP contribution is -2.53. The molecule has 1 N–H and O–H groups in total. The average molecular weight is 338 g/mol. The van der Waals surface area contributed by atoms with Gasteiger partial charge >= 0.3 is 0 Å². The third kappa shape index (κ3) is 3.21. The van der Waals surface area contributed by atoms with Crippen molar-refractivity contribution < 1.29 is 18.0 Å². The van der Waals surface area contributed by atoms with Gasteiger partial charge < -0.3 is 4.80 Å². The summed E-state index contributed by atoms with van der Waals surface area (Å²) >= 11 is 0. The van der Waals surface area contributed by atoms with Gasteiger partial charge in [-0.1, -0.05) is 52.0 Å².